The van der Waals surface area contributed by atoms with Crippen molar-refractivity contribution in [2.24, 2.45) is 5.10 Å². The molecule has 0 spiro atoms. The van der Waals surface area contributed by atoms with Gasteiger partial charge in [0, 0.05) is 15.6 Å². The highest BCUT2D eigenvalue weighted by Crippen LogP contribution is 2.33. The Kier molecular flexibility index (Phi) is 6.67. The summed E-state index contributed by atoms with van der Waals surface area (Å²) in [6.45, 7) is 1.99. The summed E-state index contributed by atoms with van der Waals surface area (Å²) < 4.78 is 13.2. The number of rotatable bonds is 5. The number of para-hydroxylation sites is 1. The lowest BCUT2D eigenvalue weighted by atomic mass is 10.1. The zero-order valence-corrected chi connectivity index (χ0v) is 22.0. The van der Waals surface area contributed by atoms with Crippen LogP contribution in [0.4, 0.5) is 0 Å². The van der Waals surface area contributed by atoms with E-state index >= 15 is 0 Å². The van der Waals surface area contributed by atoms with Gasteiger partial charge >= 0.3 is 5.97 Å². The SMILES string of the molecule is Cc1ccc(-c2nc3ccccc3c(=O)n2N=Cc2cc(Br)cc(Br)c2OC(=O)c2ccco2)cc1. The van der Waals surface area contributed by atoms with Gasteiger partial charge in [0.15, 0.2) is 11.6 Å². The van der Waals surface area contributed by atoms with E-state index in [0.29, 0.717) is 26.8 Å². The monoisotopic (exact) mass is 605 g/mol. The smallest absolute Gasteiger partial charge is 0.379 e. The molecule has 5 rings (SSSR count). The number of esters is 1. The second-order valence-corrected chi connectivity index (χ2v) is 9.62. The molecule has 0 aliphatic rings. The zero-order chi connectivity index (χ0) is 25.2. The van der Waals surface area contributed by atoms with Crippen molar-refractivity contribution < 1.29 is 13.9 Å². The molecule has 0 unspecified atom stereocenters. The summed E-state index contributed by atoms with van der Waals surface area (Å²) in [6, 6.07) is 21.4. The Morgan fingerprint density at radius 1 is 1.06 bits per heavy atom. The van der Waals surface area contributed by atoms with Crippen LogP contribution in [0.2, 0.25) is 0 Å². The molecule has 3 aromatic carbocycles. The van der Waals surface area contributed by atoms with Crippen LogP contribution in [0.3, 0.4) is 0 Å². The molecule has 0 radical (unpaired) electrons. The molecule has 36 heavy (non-hydrogen) atoms. The van der Waals surface area contributed by atoms with Gasteiger partial charge in [-0.3, -0.25) is 4.79 Å². The van der Waals surface area contributed by atoms with Crippen LogP contribution in [-0.4, -0.2) is 21.8 Å². The topological polar surface area (TPSA) is 86.7 Å². The maximum absolute atomic E-state index is 13.5. The molecule has 0 amide bonds. The number of aryl methyl sites for hydroxylation is 1. The maximum atomic E-state index is 13.5. The van der Waals surface area contributed by atoms with Gasteiger partial charge in [-0.25, -0.2) is 9.78 Å². The fraction of sp³-hybridized carbons (Fsp3) is 0.0370. The van der Waals surface area contributed by atoms with Gasteiger partial charge in [-0.2, -0.15) is 9.78 Å². The number of carbonyl (C=O) groups excluding carboxylic acids is 1. The number of hydrogen-bond donors (Lipinski definition) is 0. The van der Waals surface area contributed by atoms with Crippen molar-refractivity contribution in [1.29, 1.82) is 0 Å². The Morgan fingerprint density at radius 3 is 2.58 bits per heavy atom. The molecule has 178 valence electrons. The third kappa shape index (κ3) is 4.80. The van der Waals surface area contributed by atoms with Crippen LogP contribution in [0.1, 0.15) is 21.7 Å². The average Bonchev–Trinajstić information content (AvgIpc) is 3.41. The minimum atomic E-state index is -0.664. The molecule has 0 N–H and O–H groups in total. The minimum Gasteiger partial charge on any atom is -0.457 e. The normalized spacial score (nSPS) is 11.3. The highest BCUT2D eigenvalue weighted by molar-refractivity contribution is 9.11. The molecule has 0 bridgehead atoms. The quantitative estimate of drug-likeness (QED) is 0.128. The van der Waals surface area contributed by atoms with Gasteiger partial charge < -0.3 is 9.15 Å². The molecular weight excluding hydrogens is 590 g/mol. The number of benzene rings is 3. The molecule has 5 aromatic rings. The Hall–Kier alpha value is -3.82. The van der Waals surface area contributed by atoms with E-state index in [2.05, 4.69) is 37.0 Å². The summed E-state index contributed by atoms with van der Waals surface area (Å²) in [4.78, 5) is 30.7. The number of hydrogen-bond acceptors (Lipinski definition) is 6. The van der Waals surface area contributed by atoms with Crippen LogP contribution in [-0.2, 0) is 0 Å². The first kappa shape index (κ1) is 23.9. The Morgan fingerprint density at radius 2 is 1.83 bits per heavy atom. The summed E-state index contributed by atoms with van der Waals surface area (Å²) in [7, 11) is 0. The molecule has 0 fully saturated rings. The van der Waals surface area contributed by atoms with Crippen molar-refractivity contribution in [3.05, 3.63) is 115 Å². The summed E-state index contributed by atoms with van der Waals surface area (Å²) in [5.41, 5.74) is 2.52. The predicted octanol–water partition coefficient (Wildman–Crippen LogP) is 6.59. The van der Waals surface area contributed by atoms with Crippen molar-refractivity contribution in [2.75, 3.05) is 0 Å². The van der Waals surface area contributed by atoms with Crippen LogP contribution >= 0.6 is 31.9 Å². The lowest BCUT2D eigenvalue weighted by molar-refractivity contribution is 0.0700. The highest BCUT2D eigenvalue weighted by Gasteiger charge is 2.18. The lowest BCUT2D eigenvalue weighted by Crippen LogP contribution is -2.20. The molecule has 0 saturated heterocycles. The minimum absolute atomic E-state index is 0.0595. The fourth-order valence-corrected chi connectivity index (χ4v) is 4.90. The first-order valence-corrected chi connectivity index (χ1v) is 12.4. The third-order valence-electron chi connectivity index (χ3n) is 5.33. The predicted molar refractivity (Wildman–Crippen MR) is 145 cm³/mol. The number of halogens is 2. The summed E-state index contributed by atoms with van der Waals surface area (Å²) in [5, 5.41) is 4.93. The van der Waals surface area contributed by atoms with Crippen molar-refractivity contribution >= 4 is 54.9 Å². The second-order valence-electron chi connectivity index (χ2n) is 7.85. The van der Waals surface area contributed by atoms with Crippen LogP contribution < -0.4 is 10.3 Å². The van der Waals surface area contributed by atoms with Crippen LogP contribution in [0.15, 0.2) is 102 Å². The van der Waals surface area contributed by atoms with Gasteiger partial charge in [0.2, 0.25) is 5.76 Å². The molecule has 0 atom stereocenters. The van der Waals surface area contributed by atoms with Crippen LogP contribution in [0.5, 0.6) is 5.75 Å². The van der Waals surface area contributed by atoms with E-state index in [0.717, 1.165) is 15.6 Å². The highest BCUT2D eigenvalue weighted by atomic mass is 79.9. The van der Waals surface area contributed by atoms with Gasteiger partial charge in [0.25, 0.3) is 5.56 Å². The molecule has 7 nitrogen and oxygen atoms in total. The summed E-state index contributed by atoms with van der Waals surface area (Å²) in [6.07, 6.45) is 2.84. The van der Waals surface area contributed by atoms with Gasteiger partial charge in [-0.05, 0) is 59.3 Å². The van der Waals surface area contributed by atoms with Crippen molar-refractivity contribution in [2.45, 2.75) is 6.92 Å². The fourth-order valence-electron chi connectivity index (χ4n) is 3.56. The van der Waals surface area contributed by atoms with Gasteiger partial charge in [-0.15, -0.1) is 0 Å². The van der Waals surface area contributed by atoms with Gasteiger partial charge in [0.05, 0.1) is 27.9 Å². The number of furan rings is 1. The van der Waals surface area contributed by atoms with E-state index in [1.54, 1.807) is 36.4 Å². The van der Waals surface area contributed by atoms with E-state index in [1.165, 1.54) is 23.2 Å². The van der Waals surface area contributed by atoms with Gasteiger partial charge in [0.1, 0.15) is 0 Å². The summed E-state index contributed by atoms with van der Waals surface area (Å²) >= 11 is 6.89. The molecule has 9 heteroatoms. The third-order valence-corrected chi connectivity index (χ3v) is 6.38. The zero-order valence-electron chi connectivity index (χ0n) is 18.8. The molecule has 0 aliphatic carbocycles. The molecule has 2 heterocycles. The van der Waals surface area contributed by atoms with E-state index in [1.807, 2.05) is 37.3 Å². The first-order chi connectivity index (χ1) is 17.4. The molecule has 0 aliphatic heterocycles. The molecule has 2 aromatic heterocycles. The number of nitrogens with zero attached hydrogens (tertiary/aromatic N) is 3. The van der Waals surface area contributed by atoms with Crippen LogP contribution in [0.25, 0.3) is 22.3 Å². The first-order valence-electron chi connectivity index (χ1n) is 10.8. The Bertz CT molecular complexity index is 1670. The Labute approximate surface area is 222 Å². The maximum Gasteiger partial charge on any atom is 0.379 e. The second kappa shape index (κ2) is 10.0. The number of carbonyl (C=O) groups is 1. The van der Waals surface area contributed by atoms with E-state index in [4.69, 9.17) is 14.1 Å². The number of aromatic nitrogens is 2. The van der Waals surface area contributed by atoms with Crippen molar-refractivity contribution in [3.63, 3.8) is 0 Å². The lowest BCUT2D eigenvalue weighted by Gasteiger charge is -2.11. The average molecular weight is 607 g/mol. The van der Waals surface area contributed by atoms with E-state index in [-0.39, 0.29) is 17.1 Å². The summed E-state index contributed by atoms with van der Waals surface area (Å²) in [5.74, 6) is 0.00652. The number of fused-ring (bicyclic) bond motifs is 1. The molecule has 0 saturated carbocycles. The van der Waals surface area contributed by atoms with Crippen LogP contribution in [0, 0.1) is 6.92 Å². The van der Waals surface area contributed by atoms with Crippen molar-refractivity contribution in [3.8, 4) is 17.1 Å². The standard InChI is InChI=1S/C27H17Br2N3O4/c1-16-8-10-17(11-9-16)25-31-22-6-3-2-5-20(22)26(33)32(25)30-15-18-13-19(28)14-21(29)24(18)36-27(34)23-7-4-12-35-23/h2-15H,1H3. The number of ether oxygens (including phenoxy) is 1. The Balaban J connectivity index is 1.64. The van der Waals surface area contributed by atoms with Gasteiger partial charge in [-0.1, -0.05) is 57.9 Å². The largest absolute Gasteiger partial charge is 0.457 e. The van der Waals surface area contributed by atoms with Crippen molar-refractivity contribution in [1.82, 2.24) is 9.66 Å². The van der Waals surface area contributed by atoms with E-state index in [9.17, 15) is 9.59 Å². The molecular formula is C27H17Br2N3O4. The van der Waals surface area contributed by atoms with E-state index < -0.39 is 5.97 Å².